The summed E-state index contributed by atoms with van der Waals surface area (Å²) in [6.07, 6.45) is 0. The van der Waals surface area contributed by atoms with Crippen LogP contribution >= 0.6 is 22.6 Å². The summed E-state index contributed by atoms with van der Waals surface area (Å²) in [4.78, 5) is 12.1. The summed E-state index contributed by atoms with van der Waals surface area (Å²) < 4.78 is 6.07. The molecular formula is C15H15IN2O2. The van der Waals surface area contributed by atoms with Gasteiger partial charge in [-0.1, -0.05) is 12.1 Å². The maximum absolute atomic E-state index is 12.1. The van der Waals surface area contributed by atoms with E-state index < -0.39 is 0 Å². The van der Waals surface area contributed by atoms with E-state index >= 15 is 0 Å². The first-order valence-corrected chi connectivity index (χ1v) is 7.16. The molecule has 0 aliphatic rings. The molecule has 3 N–H and O–H groups in total. The van der Waals surface area contributed by atoms with Crippen molar-refractivity contribution in [1.82, 2.24) is 0 Å². The van der Waals surface area contributed by atoms with Gasteiger partial charge in [0.25, 0.3) is 5.91 Å². The molecule has 5 heteroatoms. The van der Waals surface area contributed by atoms with Crippen LogP contribution in [0.5, 0.6) is 5.75 Å². The van der Waals surface area contributed by atoms with E-state index in [1.165, 1.54) is 0 Å². The maximum atomic E-state index is 12.1. The second kappa shape index (κ2) is 6.71. The summed E-state index contributed by atoms with van der Waals surface area (Å²) in [6, 6.07) is 12.8. The van der Waals surface area contributed by atoms with Crippen LogP contribution in [0.1, 0.15) is 15.9 Å². The molecule has 1 amide bonds. The van der Waals surface area contributed by atoms with Crippen LogP contribution in [0.4, 0.5) is 5.69 Å². The van der Waals surface area contributed by atoms with Gasteiger partial charge in [-0.3, -0.25) is 4.79 Å². The first-order chi connectivity index (χ1) is 9.63. The van der Waals surface area contributed by atoms with Gasteiger partial charge in [0.1, 0.15) is 5.75 Å². The minimum Gasteiger partial charge on any atom is -0.496 e. The number of ether oxygens (including phenoxy) is 1. The Hall–Kier alpha value is -1.60. The van der Waals surface area contributed by atoms with Gasteiger partial charge in [0, 0.05) is 17.8 Å². The molecule has 0 aliphatic carbocycles. The summed E-state index contributed by atoms with van der Waals surface area (Å²) in [6.45, 7) is 0.491. The lowest BCUT2D eigenvalue weighted by atomic mass is 10.2. The largest absolute Gasteiger partial charge is 0.496 e. The van der Waals surface area contributed by atoms with Crippen LogP contribution in [0.3, 0.4) is 0 Å². The van der Waals surface area contributed by atoms with E-state index in [1.54, 1.807) is 25.3 Å². The molecule has 0 unspecified atom stereocenters. The van der Waals surface area contributed by atoms with Gasteiger partial charge in [-0.2, -0.15) is 0 Å². The van der Waals surface area contributed by atoms with E-state index in [4.69, 9.17) is 10.5 Å². The Morgan fingerprint density at radius 2 is 1.95 bits per heavy atom. The number of nitrogens with two attached hydrogens (primary N) is 1. The first kappa shape index (κ1) is 14.8. The maximum Gasteiger partial charge on any atom is 0.255 e. The Labute approximate surface area is 131 Å². The molecule has 2 rings (SSSR count). The van der Waals surface area contributed by atoms with Crippen LogP contribution < -0.4 is 15.8 Å². The van der Waals surface area contributed by atoms with Gasteiger partial charge in [0.2, 0.25) is 0 Å². The molecule has 0 atom stereocenters. The fraction of sp³-hybridized carbons (Fsp3) is 0.133. The predicted molar refractivity (Wildman–Crippen MR) is 88.0 cm³/mol. The third kappa shape index (κ3) is 3.49. The highest BCUT2D eigenvalue weighted by Crippen LogP contribution is 2.22. The van der Waals surface area contributed by atoms with Gasteiger partial charge in [-0.25, -0.2) is 0 Å². The lowest BCUT2D eigenvalue weighted by Crippen LogP contribution is -2.12. The van der Waals surface area contributed by atoms with Crippen molar-refractivity contribution in [3.8, 4) is 5.75 Å². The molecule has 104 valence electrons. The molecule has 0 aromatic heterocycles. The Kier molecular flexibility index (Phi) is 4.97. The van der Waals surface area contributed by atoms with Crippen LogP contribution in [0.25, 0.3) is 0 Å². The zero-order chi connectivity index (χ0) is 14.5. The number of hydrogen-bond donors (Lipinski definition) is 2. The highest BCUT2D eigenvalue weighted by atomic mass is 127. The summed E-state index contributed by atoms with van der Waals surface area (Å²) >= 11 is 2.14. The topological polar surface area (TPSA) is 64.3 Å². The molecule has 0 saturated carbocycles. The summed E-state index contributed by atoms with van der Waals surface area (Å²) in [5.74, 6) is 0.612. The van der Waals surface area contributed by atoms with E-state index in [9.17, 15) is 4.79 Å². The number of nitrogens with one attached hydrogen (secondary N) is 1. The van der Waals surface area contributed by atoms with Crippen molar-refractivity contribution in [3.05, 3.63) is 57.2 Å². The van der Waals surface area contributed by atoms with Gasteiger partial charge >= 0.3 is 0 Å². The van der Waals surface area contributed by atoms with Crippen LogP contribution in [-0.2, 0) is 6.54 Å². The highest BCUT2D eigenvalue weighted by molar-refractivity contribution is 14.1. The molecule has 0 fully saturated rings. The Balaban J connectivity index is 2.12. The second-order valence-electron chi connectivity index (χ2n) is 4.20. The number of rotatable bonds is 4. The van der Waals surface area contributed by atoms with Gasteiger partial charge in [0.15, 0.2) is 0 Å². The van der Waals surface area contributed by atoms with E-state index in [1.807, 2.05) is 24.3 Å². The smallest absolute Gasteiger partial charge is 0.255 e. The monoisotopic (exact) mass is 382 g/mol. The fourth-order valence-corrected chi connectivity index (χ4v) is 2.47. The van der Waals surface area contributed by atoms with Crippen molar-refractivity contribution in [2.45, 2.75) is 6.54 Å². The molecule has 0 radical (unpaired) electrons. The van der Waals surface area contributed by atoms with Crippen molar-refractivity contribution in [1.29, 1.82) is 0 Å². The van der Waals surface area contributed by atoms with Crippen LogP contribution in [0.15, 0.2) is 42.5 Å². The Morgan fingerprint density at radius 1 is 1.25 bits per heavy atom. The van der Waals surface area contributed by atoms with Crippen molar-refractivity contribution < 1.29 is 9.53 Å². The van der Waals surface area contributed by atoms with Gasteiger partial charge in [-0.05, 0) is 58.5 Å². The minimum absolute atomic E-state index is 0.147. The number of halogens is 1. The summed E-state index contributed by atoms with van der Waals surface area (Å²) in [5, 5.41) is 2.85. The van der Waals surface area contributed by atoms with Gasteiger partial charge < -0.3 is 15.8 Å². The summed E-state index contributed by atoms with van der Waals surface area (Å²) in [5.41, 5.74) is 7.91. The van der Waals surface area contributed by atoms with Gasteiger partial charge in [-0.15, -0.1) is 0 Å². The van der Waals surface area contributed by atoms with Crippen molar-refractivity contribution in [3.63, 3.8) is 0 Å². The van der Waals surface area contributed by atoms with E-state index in [2.05, 4.69) is 27.9 Å². The standard InChI is InChI=1S/C15H15IN2O2/c1-20-14-7-4-11(8-13(14)16)15(19)18-12-5-2-10(9-17)3-6-12/h2-8H,9,17H2,1H3,(H,18,19). The summed E-state index contributed by atoms with van der Waals surface area (Å²) in [7, 11) is 1.61. The SMILES string of the molecule is COc1ccc(C(=O)Nc2ccc(CN)cc2)cc1I. The number of carbonyl (C=O) groups excluding carboxylic acids is 1. The minimum atomic E-state index is -0.147. The van der Waals surface area contributed by atoms with Crippen LogP contribution in [0.2, 0.25) is 0 Å². The molecule has 20 heavy (non-hydrogen) atoms. The first-order valence-electron chi connectivity index (χ1n) is 6.08. The Bertz CT molecular complexity index is 612. The van der Waals surface area contributed by atoms with E-state index in [0.29, 0.717) is 12.1 Å². The molecule has 0 heterocycles. The molecule has 2 aromatic carbocycles. The lowest BCUT2D eigenvalue weighted by molar-refractivity contribution is 0.102. The molecular weight excluding hydrogens is 367 g/mol. The number of methoxy groups -OCH3 is 1. The quantitative estimate of drug-likeness (QED) is 0.800. The molecule has 4 nitrogen and oxygen atoms in total. The van der Waals surface area contributed by atoms with E-state index in [0.717, 1.165) is 20.6 Å². The number of amides is 1. The number of anilines is 1. The normalized spacial score (nSPS) is 10.2. The average Bonchev–Trinajstić information content (AvgIpc) is 2.48. The molecule has 0 spiro atoms. The Morgan fingerprint density at radius 3 is 2.50 bits per heavy atom. The highest BCUT2D eigenvalue weighted by Gasteiger charge is 2.09. The van der Waals surface area contributed by atoms with Crippen LogP contribution in [-0.4, -0.2) is 13.0 Å². The third-order valence-electron chi connectivity index (χ3n) is 2.86. The van der Waals surface area contributed by atoms with Crippen molar-refractivity contribution >= 4 is 34.2 Å². The number of hydrogen-bond acceptors (Lipinski definition) is 3. The zero-order valence-corrected chi connectivity index (χ0v) is 13.2. The van der Waals surface area contributed by atoms with E-state index in [-0.39, 0.29) is 5.91 Å². The van der Waals surface area contributed by atoms with Crippen LogP contribution in [0, 0.1) is 3.57 Å². The molecule has 2 aromatic rings. The zero-order valence-electron chi connectivity index (χ0n) is 11.0. The average molecular weight is 382 g/mol. The lowest BCUT2D eigenvalue weighted by Gasteiger charge is -2.08. The molecule has 0 saturated heterocycles. The fourth-order valence-electron chi connectivity index (χ4n) is 1.74. The predicted octanol–water partition coefficient (Wildman–Crippen LogP) is 3.01. The van der Waals surface area contributed by atoms with Gasteiger partial charge in [0.05, 0.1) is 10.7 Å². The van der Waals surface area contributed by atoms with Crippen molar-refractivity contribution in [2.24, 2.45) is 5.73 Å². The third-order valence-corrected chi connectivity index (χ3v) is 3.70. The molecule has 0 bridgehead atoms. The number of carbonyl (C=O) groups is 1. The second-order valence-corrected chi connectivity index (χ2v) is 5.37. The van der Waals surface area contributed by atoms with Crippen molar-refractivity contribution in [2.75, 3.05) is 12.4 Å². The molecule has 0 aliphatic heterocycles. The number of benzene rings is 2.